The summed E-state index contributed by atoms with van der Waals surface area (Å²) in [5.74, 6) is 0.312. The number of carbonyl (C=O) groups excluding carboxylic acids is 1. The normalized spacial score (nSPS) is 11.3. The second-order valence-corrected chi connectivity index (χ2v) is 8.84. The molecule has 9 heteroatoms. The zero-order valence-corrected chi connectivity index (χ0v) is 18.5. The maximum atomic E-state index is 12.5. The molecule has 31 heavy (non-hydrogen) atoms. The van der Waals surface area contributed by atoms with Crippen LogP contribution in [0, 0.1) is 13.8 Å². The molecule has 0 saturated heterocycles. The fraction of sp³-hybridized carbons (Fsp3) is 0.136. The van der Waals surface area contributed by atoms with Crippen LogP contribution in [0.2, 0.25) is 0 Å². The summed E-state index contributed by atoms with van der Waals surface area (Å²) in [6, 6.07) is 18.2. The van der Waals surface area contributed by atoms with Gasteiger partial charge in [-0.25, -0.2) is 0 Å². The number of anilines is 1. The Balaban J connectivity index is 1.31. The largest absolute Gasteiger partial charge is 0.293 e. The van der Waals surface area contributed by atoms with Crippen LogP contribution in [0.4, 0.5) is 5.95 Å². The van der Waals surface area contributed by atoms with E-state index in [4.69, 9.17) is 0 Å². The molecule has 154 valence electrons. The number of aromatic nitrogens is 5. The van der Waals surface area contributed by atoms with Crippen molar-refractivity contribution >= 4 is 51.7 Å². The van der Waals surface area contributed by atoms with Crippen LogP contribution in [0.15, 0.2) is 59.8 Å². The monoisotopic (exact) mass is 446 g/mol. The maximum Gasteiger partial charge on any atom is 0.241 e. The molecule has 0 unspecified atom stereocenters. The first-order valence-corrected chi connectivity index (χ1v) is 11.4. The average Bonchev–Trinajstić information content (AvgIpc) is 3.40. The number of para-hydroxylation sites is 1. The lowest BCUT2D eigenvalue weighted by molar-refractivity contribution is -0.113. The van der Waals surface area contributed by atoms with Gasteiger partial charge in [-0.15, -0.1) is 10.2 Å². The fourth-order valence-electron chi connectivity index (χ4n) is 3.35. The molecule has 0 radical (unpaired) electrons. The van der Waals surface area contributed by atoms with Crippen molar-refractivity contribution in [2.24, 2.45) is 0 Å². The van der Waals surface area contributed by atoms with Gasteiger partial charge < -0.3 is 0 Å². The molecule has 5 rings (SSSR count). The number of pyridine rings is 1. The summed E-state index contributed by atoms with van der Waals surface area (Å²) < 4.78 is 6.24. The first-order valence-electron chi connectivity index (χ1n) is 9.65. The third-order valence-corrected chi connectivity index (χ3v) is 6.58. The van der Waals surface area contributed by atoms with Crippen molar-refractivity contribution in [3.05, 3.63) is 65.7 Å². The summed E-state index contributed by atoms with van der Waals surface area (Å²) in [5, 5.41) is 13.9. The Labute approximate surface area is 186 Å². The predicted molar refractivity (Wildman–Crippen MR) is 125 cm³/mol. The van der Waals surface area contributed by atoms with Gasteiger partial charge in [-0.2, -0.15) is 9.36 Å². The molecule has 7 nitrogen and oxygen atoms in total. The van der Waals surface area contributed by atoms with Gasteiger partial charge in [0.25, 0.3) is 0 Å². The van der Waals surface area contributed by atoms with Crippen molar-refractivity contribution in [3.8, 4) is 10.6 Å². The second kappa shape index (κ2) is 8.09. The number of fused-ring (bicyclic) bond motifs is 3. The summed E-state index contributed by atoms with van der Waals surface area (Å²) in [6.45, 7) is 4.10. The molecule has 5 aromatic rings. The highest BCUT2D eigenvalue weighted by Crippen LogP contribution is 2.26. The summed E-state index contributed by atoms with van der Waals surface area (Å²) in [4.78, 5) is 16.9. The first kappa shape index (κ1) is 19.7. The molecule has 3 heterocycles. The van der Waals surface area contributed by atoms with Gasteiger partial charge in [0.1, 0.15) is 5.01 Å². The summed E-state index contributed by atoms with van der Waals surface area (Å²) >= 11 is 2.60. The van der Waals surface area contributed by atoms with Crippen molar-refractivity contribution in [3.63, 3.8) is 0 Å². The molecular weight excluding hydrogens is 428 g/mol. The lowest BCUT2D eigenvalue weighted by atomic mass is 10.1. The SMILES string of the molecule is Cc1ccc(-c2nc(NC(=O)CSc3nnc4cc(C)c5ccccc5n34)ns2)cc1. The standard InChI is InChI=1S/C22H18N6OS2/c1-13-7-9-15(10-8-13)20-24-21(27-31-20)23-19(29)12-30-22-26-25-18-11-14(2)16-5-3-4-6-17(16)28(18)22/h3-11H,12H2,1-2H3,(H,23,27,29). The third kappa shape index (κ3) is 3.89. The van der Waals surface area contributed by atoms with E-state index in [0.717, 1.165) is 32.7 Å². The van der Waals surface area contributed by atoms with E-state index in [-0.39, 0.29) is 11.7 Å². The summed E-state index contributed by atoms with van der Waals surface area (Å²) in [5.41, 5.74) is 5.10. The van der Waals surface area contributed by atoms with Crippen molar-refractivity contribution < 1.29 is 4.79 Å². The molecule has 0 fully saturated rings. The Hall–Kier alpha value is -3.30. The Morgan fingerprint density at radius 2 is 1.90 bits per heavy atom. The van der Waals surface area contributed by atoms with E-state index in [1.807, 2.05) is 59.9 Å². The zero-order chi connectivity index (χ0) is 21.4. The van der Waals surface area contributed by atoms with Gasteiger partial charge in [-0.3, -0.25) is 14.5 Å². The highest BCUT2D eigenvalue weighted by Gasteiger charge is 2.14. The van der Waals surface area contributed by atoms with Crippen molar-refractivity contribution in [1.29, 1.82) is 0 Å². The Bertz CT molecular complexity index is 1410. The number of benzene rings is 2. The van der Waals surface area contributed by atoms with E-state index in [2.05, 4.69) is 37.9 Å². The molecule has 2 aromatic carbocycles. The molecule has 0 aliphatic heterocycles. The first-order chi connectivity index (χ1) is 15.1. The molecule has 0 aliphatic carbocycles. The van der Waals surface area contributed by atoms with Gasteiger partial charge >= 0.3 is 0 Å². The lowest BCUT2D eigenvalue weighted by Gasteiger charge is -2.07. The van der Waals surface area contributed by atoms with Gasteiger partial charge in [0.15, 0.2) is 10.8 Å². The number of hydrogen-bond donors (Lipinski definition) is 1. The summed E-state index contributed by atoms with van der Waals surface area (Å²) in [6.07, 6.45) is 0. The number of carbonyl (C=O) groups is 1. The Kier molecular flexibility index (Phi) is 5.13. The van der Waals surface area contributed by atoms with Crippen molar-refractivity contribution in [1.82, 2.24) is 24.0 Å². The maximum absolute atomic E-state index is 12.5. The zero-order valence-electron chi connectivity index (χ0n) is 16.9. The average molecular weight is 447 g/mol. The quantitative estimate of drug-likeness (QED) is 0.392. The van der Waals surface area contributed by atoms with Crippen molar-refractivity contribution in [2.45, 2.75) is 19.0 Å². The molecule has 0 bridgehead atoms. The van der Waals surface area contributed by atoms with E-state index in [1.165, 1.54) is 28.9 Å². The van der Waals surface area contributed by atoms with Crippen LogP contribution in [-0.2, 0) is 4.79 Å². The second-order valence-electron chi connectivity index (χ2n) is 7.15. The highest BCUT2D eigenvalue weighted by atomic mass is 32.2. The van der Waals surface area contributed by atoms with Crippen LogP contribution in [0.5, 0.6) is 0 Å². The highest BCUT2D eigenvalue weighted by molar-refractivity contribution is 7.99. The van der Waals surface area contributed by atoms with Gasteiger partial charge in [-0.1, -0.05) is 59.8 Å². The number of amides is 1. The van der Waals surface area contributed by atoms with E-state index in [0.29, 0.717) is 11.1 Å². The molecule has 1 amide bonds. The van der Waals surface area contributed by atoms with Crippen LogP contribution in [0.3, 0.4) is 0 Å². The number of nitrogens with one attached hydrogen (secondary N) is 1. The van der Waals surface area contributed by atoms with Crippen molar-refractivity contribution in [2.75, 3.05) is 11.1 Å². The van der Waals surface area contributed by atoms with E-state index in [9.17, 15) is 4.79 Å². The van der Waals surface area contributed by atoms with Gasteiger partial charge in [-0.05, 0) is 43.1 Å². The Morgan fingerprint density at radius 3 is 2.74 bits per heavy atom. The minimum atomic E-state index is -0.188. The number of rotatable bonds is 5. The molecule has 1 N–H and O–H groups in total. The molecule has 0 atom stereocenters. The number of nitrogens with zero attached hydrogens (tertiary/aromatic N) is 5. The van der Waals surface area contributed by atoms with Crippen LogP contribution < -0.4 is 5.32 Å². The number of hydrogen-bond acceptors (Lipinski definition) is 7. The molecule has 3 aromatic heterocycles. The Morgan fingerprint density at radius 1 is 1.10 bits per heavy atom. The lowest BCUT2D eigenvalue weighted by Crippen LogP contribution is -2.15. The predicted octanol–water partition coefficient (Wildman–Crippen LogP) is 4.75. The number of aryl methyl sites for hydroxylation is 2. The summed E-state index contributed by atoms with van der Waals surface area (Å²) in [7, 11) is 0. The topological polar surface area (TPSA) is 85.1 Å². The van der Waals surface area contributed by atoms with Gasteiger partial charge in [0.05, 0.1) is 11.3 Å². The minimum absolute atomic E-state index is 0.183. The minimum Gasteiger partial charge on any atom is -0.293 e. The van der Waals surface area contributed by atoms with Crippen LogP contribution >= 0.6 is 23.3 Å². The van der Waals surface area contributed by atoms with E-state index >= 15 is 0 Å². The van der Waals surface area contributed by atoms with Crippen LogP contribution in [0.25, 0.3) is 27.1 Å². The molecular formula is C22H18N6OS2. The van der Waals surface area contributed by atoms with Gasteiger partial charge in [0.2, 0.25) is 11.9 Å². The third-order valence-electron chi connectivity index (χ3n) is 4.88. The smallest absolute Gasteiger partial charge is 0.241 e. The molecule has 0 aliphatic rings. The van der Waals surface area contributed by atoms with E-state index in [1.54, 1.807) is 0 Å². The van der Waals surface area contributed by atoms with Crippen LogP contribution in [-0.4, -0.2) is 35.6 Å². The number of thioether (sulfide) groups is 1. The molecule has 0 saturated carbocycles. The van der Waals surface area contributed by atoms with Crippen LogP contribution in [0.1, 0.15) is 11.1 Å². The molecule has 0 spiro atoms. The fourth-order valence-corrected chi connectivity index (χ4v) is 4.73. The van der Waals surface area contributed by atoms with Gasteiger partial charge in [0, 0.05) is 10.9 Å². The van der Waals surface area contributed by atoms with E-state index < -0.39 is 0 Å².